The average molecular weight is 628 g/mol. The molecule has 3 aromatic rings. The van der Waals surface area contributed by atoms with Gasteiger partial charge in [0, 0.05) is 86.9 Å². The highest BCUT2D eigenvalue weighted by molar-refractivity contribution is 7.89. The number of carbonyl (C=O) groups excluding carboxylic acids is 1. The summed E-state index contributed by atoms with van der Waals surface area (Å²) in [5.74, 6) is -2.03. The van der Waals surface area contributed by atoms with Gasteiger partial charge in [0.2, 0.25) is 10.0 Å². The highest BCUT2D eigenvalue weighted by Gasteiger charge is 2.32. The Hall–Kier alpha value is -3.39. The number of hydrogen-bond acceptors (Lipinski definition) is 7. The summed E-state index contributed by atoms with van der Waals surface area (Å²) in [6.45, 7) is 4.35. The lowest BCUT2D eigenvalue weighted by atomic mass is 9.95. The number of likely N-dealkylation sites (N-methyl/N-ethyl adjacent to an activating group) is 1. The van der Waals surface area contributed by atoms with Crippen molar-refractivity contribution in [3.05, 3.63) is 70.4 Å². The highest BCUT2D eigenvalue weighted by Crippen LogP contribution is 2.30. The Labute approximate surface area is 256 Å². The first-order chi connectivity index (χ1) is 21.2. The van der Waals surface area contributed by atoms with Crippen LogP contribution in [-0.4, -0.2) is 79.5 Å². The molecule has 2 aliphatic heterocycles. The van der Waals surface area contributed by atoms with Crippen molar-refractivity contribution < 1.29 is 22.0 Å². The van der Waals surface area contributed by atoms with Gasteiger partial charge in [-0.3, -0.25) is 9.89 Å². The molecule has 1 saturated carbocycles. The van der Waals surface area contributed by atoms with Crippen LogP contribution < -0.4 is 15.5 Å². The number of anilines is 2. The van der Waals surface area contributed by atoms with Crippen LogP contribution in [0, 0.1) is 11.6 Å². The van der Waals surface area contributed by atoms with Crippen molar-refractivity contribution in [3.63, 3.8) is 0 Å². The van der Waals surface area contributed by atoms with Crippen molar-refractivity contribution in [3.8, 4) is 0 Å². The number of nitrogens with zero attached hydrogens (tertiary/aromatic N) is 4. The van der Waals surface area contributed by atoms with Crippen molar-refractivity contribution >= 4 is 27.4 Å². The molecule has 0 atom stereocenters. The summed E-state index contributed by atoms with van der Waals surface area (Å²) < 4.78 is 55.3. The number of H-pyrrole nitrogens is 1. The van der Waals surface area contributed by atoms with Gasteiger partial charge in [-0.05, 0) is 55.8 Å². The van der Waals surface area contributed by atoms with E-state index in [0.717, 1.165) is 66.7 Å². The summed E-state index contributed by atoms with van der Waals surface area (Å²) >= 11 is 0. The molecule has 3 aliphatic rings. The van der Waals surface area contributed by atoms with Gasteiger partial charge in [0.25, 0.3) is 5.91 Å². The lowest BCUT2D eigenvalue weighted by Crippen LogP contribution is -2.44. The molecule has 2 fully saturated rings. The van der Waals surface area contributed by atoms with Crippen LogP contribution in [0.5, 0.6) is 0 Å². The van der Waals surface area contributed by atoms with Crippen LogP contribution in [0.3, 0.4) is 0 Å². The molecule has 0 radical (unpaired) electrons. The molecule has 0 bridgehead atoms. The van der Waals surface area contributed by atoms with Gasteiger partial charge in [0.05, 0.1) is 4.90 Å². The van der Waals surface area contributed by atoms with Crippen LogP contribution >= 0.6 is 0 Å². The van der Waals surface area contributed by atoms with E-state index in [9.17, 15) is 22.0 Å². The second-order valence-electron chi connectivity index (χ2n) is 12.0. The number of carbonyl (C=O) groups is 1. The molecule has 0 spiro atoms. The zero-order chi connectivity index (χ0) is 30.8. The summed E-state index contributed by atoms with van der Waals surface area (Å²) in [6.07, 6.45) is 6.23. The largest absolute Gasteiger partial charge is 0.369 e. The minimum atomic E-state index is -4.19. The minimum Gasteiger partial charge on any atom is -0.369 e. The van der Waals surface area contributed by atoms with E-state index in [1.165, 1.54) is 19.3 Å². The second-order valence-corrected chi connectivity index (χ2v) is 14.0. The Morgan fingerprint density at radius 3 is 2.45 bits per heavy atom. The fraction of sp³-hybridized carbons (Fsp3) is 0.484. The van der Waals surface area contributed by atoms with E-state index >= 15 is 0 Å². The monoisotopic (exact) mass is 627 g/mol. The maximum atomic E-state index is 13.8. The van der Waals surface area contributed by atoms with E-state index in [4.69, 9.17) is 0 Å². The zero-order valence-corrected chi connectivity index (χ0v) is 25.7. The third-order valence-corrected chi connectivity index (χ3v) is 10.8. The average Bonchev–Trinajstić information content (AvgIpc) is 3.42. The smallest absolute Gasteiger partial charge is 0.257 e. The Balaban J connectivity index is 1.22. The molecule has 1 aromatic heterocycles. The topological polar surface area (TPSA) is 114 Å². The highest BCUT2D eigenvalue weighted by atomic mass is 32.2. The van der Waals surface area contributed by atoms with Crippen molar-refractivity contribution in [2.45, 2.75) is 62.6 Å². The molecule has 2 aromatic carbocycles. The normalized spacial score (nSPS) is 18.8. The third kappa shape index (κ3) is 6.65. The van der Waals surface area contributed by atoms with Crippen molar-refractivity contribution in [1.82, 2.24) is 24.7 Å². The lowest BCUT2D eigenvalue weighted by Gasteiger charge is -2.34. The van der Waals surface area contributed by atoms with Crippen molar-refractivity contribution in [2.75, 3.05) is 50.0 Å². The molecular weight excluding hydrogens is 588 g/mol. The number of amides is 1. The molecule has 1 aliphatic carbocycles. The quantitative estimate of drug-likeness (QED) is 0.348. The maximum absolute atomic E-state index is 13.8. The Bertz CT molecular complexity index is 1600. The number of piperazine rings is 1. The summed E-state index contributed by atoms with van der Waals surface area (Å²) in [5, 5.41) is 13.8. The van der Waals surface area contributed by atoms with Gasteiger partial charge in [-0.25, -0.2) is 17.2 Å². The minimum absolute atomic E-state index is 0.0969. The summed E-state index contributed by atoms with van der Waals surface area (Å²) in [5.41, 5.74) is 3.74. The van der Waals surface area contributed by atoms with Crippen LogP contribution in [0.1, 0.15) is 59.3 Å². The predicted octanol–water partition coefficient (Wildman–Crippen LogP) is 3.86. The lowest BCUT2D eigenvalue weighted by molar-refractivity contribution is 0.102. The predicted molar refractivity (Wildman–Crippen MR) is 164 cm³/mol. The number of nitrogens with one attached hydrogen (secondary N) is 3. The van der Waals surface area contributed by atoms with E-state index in [1.54, 1.807) is 0 Å². The fourth-order valence-electron chi connectivity index (χ4n) is 6.35. The number of fused-ring (bicyclic) bond motifs is 1. The van der Waals surface area contributed by atoms with E-state index in [1.807, 2.05) is 12.1 Å². The molecule has 1 saturated heterocycles. The summed E-state index contributed by atoms with van der Waals surface area (Å²) in [7, 11) is -2.07. The van der Waals surface area contributed by atoms with Gasteiger partial charge in [0.1, 0.15) is 11.6 Å². The van der Waals surface area contributed by atoms with E-state index in [-0.39, 0.29) is 24.8 Å². The number of aromatic nitrogens is 2. The Morgan fingerprint density at radius 1 is 1.00 bits per heavy atom. The van der Waals surface area contributed by atoms with E-state index in [0.29, 0.717) is 41.9 Å². The first kappa shape index (κ1) is 30.6. The Kier molecular flexibility index (Phi) is 8.99. The van der Waals surface area contributed by atoms with E-state index in [2.05, 4.69) is 43.7 Å². The standard InChI is InChI=1S/C31H39F2N7O3S/c1-38-11-13-39(14-12-38)25-7-8-27(21(15-25)19-34-24-5-3-2-4-6-24)31(41)35-30-28-20-40(10-9-29(28)36-37-30)44(42,43)26-17-22(32)16-23(33)18-26/h7-8,15-18,24,34H,2-6,9-14,19-20H2,1H3,(H2,35,36,37,41). The van der Waals surface area contributed by atoms with Gasteiger partial charge in [0.15, 0.2) is 5.82 Å². The van der Waals surface area contributed by atoms with Crippen LogP contribution in [0.4, 0.5) is 20.3 Å². The first-order valence-electron chi connectivity index (χ1n) is 15.3. The van der Waals surface area contributed by atoms with Crippen LogP contribution in [0.15, 0.2) is 41.3 Å². The van der Waals surface area contributed by atoms with Crippen molar-refractivity contribution in [2.24, 2.45) is 0 Å². The molecule has 44 heavy (non-hydrogen) atoms. The molecule has 10 nitrogen and oxygen atoms in total. The van der Waals surface area contributed by atoms with Crippen LogP contribution in [-0.2, 0) is 29.5 Å². The van der Waals surface area contributed by atoms with Gasteiger partial charge in [-0.2, -0.15) is 9.40 Å². The number of rotatable bonds is 8. The maximum Gasteiger partial charge on any atom is 0.257 e. The van der Waals surface area contributed by atoms with E-state index < -0.39 is 26.6 Å². The fourth-order valence-corrected chi connectivity index (χ4v) is 7.80. The summed E-state index contributed by atoms with van der Waals surface area (Å²) in [4.78, 5) is 17.9. The number of halogens is 2. The molecular formula is C31H39F2N7O3S. The number of benzene rings is 2. The molecule has 3 N–H and O–H groups in total. The molecule has 1 amide bonds. The molecule has 236 valence electrons. The Morgan fingerprint density at radius 2 is 1.73 bits per heavy atom. The summed E-state index contributed by atoms with van der Waals surface area (Å²) in [6, 6.07) is 8.61. The van der Waals surface area contributed by atoms with Gasteiger partial charge in [-0.1, -0.05) is 19.3 Å². The number of hydrogen-bond donors (Lipinski definition) is 3. The van der Waals surface area contributed by atoms with Gasteiger partial charge >= 0.3 is 0 Å². The number of sulfonamides is 1. The molecule has 3 heterocycles. The van der Waals surface area contributed by atoms with Gasteiger partial charge < -0.3 is 20.4 Å². The van der Waals surface area contributed by atoms with Crippen molar-refractivity contribution in [1.29, 1.82) is 0 Å². The molecule has 6 rings (SSSR count). The number of aromatic amines is 1. The zero-order valence-electron chi connectivity index (χ0n) is 24.9. The SMILES string of the molecule is CN1CCN(c2ccc(C(=O)Nc3n[nH]c4c3CN(S(=O)(=O)c3cc(F)cc(F)c3)CC4)c(CNC3CCCCC3)c2)CC1. The molecule has 13 heteroatoms. The van der Waals surface area contributed by atoms with Crippen LogP contribution in [0.25, 0.3) is 0 Å². The molecule has 0 unspecified atom stereocenters. The first-order valence-corrected chi connectivity index (χ1v) is 16.7. The van der Waals surface area contributed by atoms with Crippen LogP contribution in [0.2, 0.25) is 0 Å². The third-order valence-electron chi connectivity index (χ3n) is 8.99. The van der Waals surface area contributed by atoms with Gasteiger partial charge in [-0.15, -0.1) is 0 Å². The second kappa shape index (κ2) is 12.9.